The van der Waals surface area contributed by atoms with Crippen molar-refractivity contribution in [1.82, 2.24) is 15.1 Å². The first-order valence-corrected chi connectivity index (χ1v) is 10.0. The van der Waals surface area contributed by atoms with E-state index in [1.54, 1.807) is 4.90 Å². The van der Waals surface area contributed by atoms with Crippen molar-refractivity contribution in [2.75, 3.05) is 39.3 Å². The zero-order chi connectivity index (χ0) is 19.2. The van der Waals surface area contributed by atoms with Crippen molar-refractivity contribution in [3.63, 3.8) is 0 Å². The van der Waals surface area contributed by atoms with E-state index in [9.17, 15) is 4.79 Å². The summed E-state index contributed by atoms with van der Waals surface area (Å²) in [6.07, 6.45) is 4.10. The Morgan fingerprint density at radius 2 is 1.93 bits per heavy atom. The summed E-state index contributed by atoms with van der Waals surface area (Å²) >= 11 is 0. The van der Waals surface area contributed by atoms with Gasteiger partial charge in [-0.2, -0.15) is 0 Å². The van der Waals surface area contributed by atoms with Gasteiger partial charge in [0.05, 0.1) is 13.2 Å². The minimum Gasteiger partial charge on any atom is -0.450 e. The van der Waals surface area contributed by atoms with Gasteiger partial charge >= 0.3 is 6.09 Å². The van der Waals surface area contributed by atoms with Crippen molar-refractivity contribution >= 4 is 36.0 Å². The number of rotatable bonds is 5. The van der Waals surface area contributed by atoms with Gasteiger partial charge in [0.15, 0.2) is 5.96 Å². The molecular formula is C19H38IN5O2. The summed E-state index contributed by atoms with van der Waals surface area (Å²) in [7, 11) is 0. The first-order chi connectivity index (χ1) is 12.3. The van der Waals surface area contributed by atoms with Crippen molar-refractivity contribution in [3.8, 4) is 0 Å². The molecule has 2 fully saturated rings. The van der Waals surface area contributed by atoms with Crippen LogP contribution in [0.15, 0.2) is 4.99 Å². The van der Waals surface area contributed by atoms with Gasteiger partial charge in [0.1, 0.15) is 0 Å². The van der Waals surface area contributed by atoms with Crippen LogP contribution in [0, 0.1) is 5.92 Å². The van der Waals surface area contributed by atoms with Crippen LogP contribution in [0.5, 0.6) is 0 Å². The SMILES string of the molecule is CCOC(=O)N1CCC(NC(N)=NCC(C)(C)N2CCCC(C)C2)CC1.I. The standard InChI is InChI=1S/C19H37N5O2.HI/c1-5-26-18(25)23-11-8-16(9-12-23)22-17(20)21-14-19(3,4)24-10-6-7-15(2)13-24;/h15-16H,5-14H2,1-4H3,(H3,20,21,22);1H. The minimum absolute atomic E-state index is 0. The van der Waals surface area contributed by atoms with Crippen molar-refractivity contribution in [3.05, 3.63) is 0 Å². The smallest absolute Gasteiger partial charge is 0.409 e. The third-order valence-electron chi connectivity index (χ3n) is 5.52. The molecule has 0 bridgehead atoms. The number of nitrogens with zero attached hydrogens (tertiary/aromatic N) is 3. The highest BCUT2D eigenvalue weighted by molar-refractivity contribution is 14.0. The van der Waals surface area contributed by atoms with Gasteiger partial charge in [-0.05, 0) is 58.9 Å². The molecule has 0 aromatic heterocycles. The Hall–Kier alpha value is -0.770. The summed E-state index contributed by atoms with van der Waals surface area (Å²) in [5.74, 6) is 1.27. The number of aliphatic imine (C=N–C) groups is 1. The molecule has 3 N–H and O–H groups in total. The average Bonchev–Trinajstić information content (AvgIpc) is 2.61. The van der Waals surface area contributed by atoms with E-state index >= 15 is 0 Å². The lowest BCUT2D eigenvalue weighted by Crippen LogP contribution is -2.52. The topological polar surface area (TPSA) is 83.2 Å². The lowest BCUT2D eigenvalue weighted by molar-refractivity contribution is 0.0774. The van der Waals surface area contributed by atoms with Gasteiger partial charge in [-0.3, -0.25) is 9.89 Å². The normalized spacial score (nSPS) is 22.9. The molecule has 1 atom stereocenters. The van der Waals surface area contributed by atoms with Crippen LogP contribution in [0.1, 0.15) is 53.4 Å². The highest BCUT2D eigenvalue weighted by Crippen LogP contribution is 2.24. The predicted molar refractivity (Wildman–Crippen MR) is 121 cm³/mol. The fourth-order valence-electron chi connectivity index (χ4n) is 3.79. The zero-order valence-electron chi connectivity index (χ0n) is 17.4. The molecule has 0 spiro atoms. The number of hydrogen-bond donors (Lipinski definition) is 2. The number of halogens is 1. The second kappa shape index (κ2) is 11.3. The Morgan fingerprint density at radius 3 is 2.52 bits per heavy atom. The van der Waals surface area contributed by atoms with Crippen LogP contribution in [0.2, 0.25) is 0 Å². The first kappa shape index (κ1) is 24.3. The number of carbonyl (C=O) groups excluding carboxylic acids is 1. The molecule has 8 heteroatoms. The monoisotopic (exact) mass is 495 g/mol. The second-order valence-electron chi connectivity index (χ2n) is 8.31. The first-order valence-electron chi connectivity index (χ1n) is 10.0. The number of amides is 1. The number of hydrogen-bond acceptors (Lipinski definition) is 4. The Bertz CT molecular complexity index is 492. The molecule has 2 heterocycles. The predicted octanol–water partition coefficient (Wildman–Crippen LogP) is 2.64. The lowest BCUT2D eigenvalue weighted by Gasteiger charge is -2.42. The van der Waals surface area contributed by atoms with Crippen molar-refractivity contribution in [2.45, 2.75) is 65.0 Å². The molecule has 2 aliphatic heterocycles. The minimum atomic E-state index is -0.218. The van der Waals surface area contributed by atoms with Crippen LogP contribution >= 0.6 is 24.0 Å². The van der Waals surface area contributed by atoms with Crippen LogP contribution < -0.4 is 11.1 Å². The van der Waals surface area contributed by atoms with E-state index < -0.39 is 0 Å². The van der Waals surface area contributed by atoms with Crippen molar-refractivity contribution in [1.29, 1.82) is 0 Å². The van der Waals surface area contributed by atoms with Crippen LogP contribution in [-0.4, -0.2) is 72.8 Å². The number of piperidine rings is 2. The van der Waals surface area contributed by atoms with Crippen LogP contribution in [-0.2, 0) is 4.74 Å². The number of nitrogens with one attached hydrogen (secondary N) is 1. The van der Waals surface area contributed by atoms with E-state index in [1.165, 1.54) is 12.8 Å². The molecule has 0 aliphatic carbocycles. The van der Waals surface area contributed by atoms with Gasteiger partial charge in [-0.25, -0.2) is 4.79 Å². The van der Waals surface area contributed by atoms with E-state index in [0.717, 1.165) is 31.8 Å². The summed E-state index contributed by atoms with van der Waals surface area (Å²) in [4.78, 5) is 20.7. The number of nitrogens with two attached hydrogens (primary N) is 1. The molecule has 7 nitrogen and oxygen atoms in total. The van der Waals surface area contributed by atoms with Gasteiger partial charge in [-0.1, -0.05) is 6.92 Å². The number of carbonyl (C=O) groups is 1. The summed E-state index contributed by atoms with van der Waals surface area (Å²) in [6, 6.07) is 0.266. The molecule has 2 aliphatic rings. The van der Waals surface area contributed by atoms with E-state index in [0.29, 0.717) is 32.2 Å². The average molecular weight is 495 g/mol. The highest BCUT2D eigenvalue weighted by atomic mass is 127. The van der Waals surface area contributed by atoms with Crippen LogP contribution in [0.4, 0.5) is 4.79 Å². The van der Waals surface area contributed by atoms with Gasteiger partial charge in [0, 0.05) is 31.2 Å². The van der Waals surface area contributed by atoms with Crippen molar-refractivity contribution in [2.24, 2.45) is 16.6 Å². The maximum atomic E-state index is 11.7. The van der Waals surface area contributed by atoms with E-state index in [1.807, 2.05) is 6.92 Å². The Morgan fingerprint density at radius 1 is 1.26 bits per heavy atom. The zero-order valence-corrected chi connectivity index (χ0v) is 19.7. The molecule has 0 radical (unpaired) electrons. The Labute approximate surface area is 181 Å². The lowest BCUT2D eigenvalue weighted by atomic mass is 9.94. The quantitative estimate of drug-likeness (QED) is 0.348. The fraction of sp³-hybridized carbons (Fsp3) is 0.895. The van der Waals surface area contributed by atoms with Crippen LogP contribution in [0.25, 0.3) is 0 Å². The van der Waals surface area contributed by atoms with E-state index in [-0.39, 0.29) is 41.7 Å². The molecule has 2 saturated heterocycles. The largest absolute Gasteiger partial charge is 0.450 e. The summed E-state index contributed by atoms with van der Waals surface area (Å²) < 4.78 is 5.05. The number of likely N-dealkylation sites (tertiary alicyclic amines) is 2. The highest BCUT2D eigenvalue weighted by Gasteiger charge is 2.30. The summed E-state index contributed by atoms with van der Waals surface area (Å²) in [6.45, 7) is 13.4. The molecule has 1 amide bonds. The van der Waals surface area contributed by atoms with Crippen molar-refractivity contribution < 1.29 is 9.53 Å². The van der Waals surface area contributed by atoms with Gasteiger partial charge in [0.25, 0.3) is 0 Å². The Balaban J connectivity index is 0.00000364. The van der Waals surface area contributed by atoms with Gasteiger partial charge < -0.3 is 20.7 Å². The molecule has 0 saturated carbocycles. The van der Waals surface area contributed by atoms with Gasteiger partial charge in [0.2, 0.25) is 0 Å². The molecule has 1 unspecified atom stereocenters. The second-order valence-corrected chi connectivity index (χ2v) is 8.31. The number of guanidine groups is 1. The number of ether oxygens (including phenoxy) is 1. The molecule has 158 valence electrons. The third-order valence-corrected chi connectivity index (χ3v) is 5.52. The van der Waals surface area contributed by atoms with Crippen LogP contribution in [0.3, 0.4) is 0 Å². The summed E-state index contributed by atoms with van der Waals surface area (Å²) in [5, 5.41) is 3.33. The maximum Gasteiger partial charge on any atom is 0.409 e. The third kappa shape index (κ3) is 7.63. The molecule has 0 aromatic carbocycles. The molecule has 27 heavy (non-hydrogen) atoms. The van der Waals surface area contributed by atoms with Gasteiger partial charge in [-0.15, -0.1) is 24.0 Å². The van der Waals surface area contributed by atoms with E-state index in [4.69, 9.17) is 10.5 Å². The molecule has 0 aromatic rings. The Kier molecular flexibility index (Phi) is 10.1. The fourth-order valence-corrected chi connectivity index (χ4v) is 3.79. The summed E-state index contributed by atoms with van der Waals surface area (Å²) in [5.41, 5.74) is 6.15. The molecular weight excluding hydrogens is 457 g/mol. The van der Waals surface area contributed by atoms with E-state index in [2.05, 4.69) is 36.0 Å². The maximum absolute atomic E-state index is 11.7. The molecule has 2 rings (SSSR count).